The quantitative estimate of drug-likeness (QED) is 0.692. The molecule has 14 heavy (non-hydrogen) atoms. The molecule has 0 aliphatic heterocycles. The summed E-state index contributed by atoms with van der Waals surface area (Å²) in [5.41, 5.74) is 2.30. The summed E-state index contributed by atoms with van der Waals surface area (Å²) in [4.78, 5) is 4.28. The molecule has 2 aromatic rings. The van der Waals surface area contributed by atoms with Crippen LogP contribution in [0.25, 0.3) is 17.0 Å². The topological polar surface area (TPSA) is 12.9 Å². The fourth-order valence-electron chi connectivity index (χ4n) is 1.45. The lowest BCUT2D eigenvalue weighted by Crippen LogP contribution is -1.78. The van der Waals surface area contributed by atoms with Crippen molar-refractivity contribution < 1.29 is 0 Å². The summed E-state index contributed by atoms with van der Waals surface area (Å²) in [6, 6.07) is 10.4. The van der Waals surface area contributed by atoms with E-state index in [0.29, 0.717) is 0 Å². The first-order valence-electron chi connectivity index (χ1n) is 4.91. The van der Waals surface area contributed by atoms with Gasteiger partial charge in [0, 0.05) is 11.6 Å². The van der Waals surface area contributed by atoms with E-state index in [1.807, 2.05) is 12.3 Å². The number of pyridine rings is 1. The van der Waals surface area contributed by atoms with E-state index in [1.54, 1.807) is 0 Å². The van der Waals surface area contributed by atoms with Gasteiger partial charge < -0.3 is 0 Å². The summed E-state index contributed by atoms with van der Waals surface area (Å²) in [6.07, 6.45) is 7.21. The second-order valence-electron chi connectivity index (χ2n) is 3.27. The summed E-state index contributed by atoms with van der Waals surface area (Å²) < 4.78 is 0. The fourth-order valence-corrected chi connectivity index (χ4v) is 1.45. The van der Waals surface area contributed by atoms with Crippen molar-refractivity contribution in [1.29, 1.82) is 0 Å². The third-order valence-electron chi connectivity index (χ3n) is 2.17. The van der Waals surface area contributed by atoms with Crippen LogP contribution in [0.4, 0.5) is 0 Å². The molecule has 1 heteroatoms. The lowest BCUT2D eigenvalue weighted by Gasteiger charge is -1.97. The Morgan fingerprint density at radius 1 is 1.29 bits per heavy atom. The number of nitrogens with zero attached hydrogens (tertiary/aromatic N) is 1. The third-order valence-corrected chi connectivity index (χ3v) is 2.17. The highest BCUT2D eigenvalue weighted by atomic mass is 14.6. The van der Waals surface area contributed by atoms with Crippen molar-refractivity contribution in [2.24, 2.45) is 0 Å². The minimum atomic E-state index is 1.06. The van der Waals surface area contributed by atoms with Gasteiger partial charge in [-0.3, -0.25) is 4.98 Å². The minimum Gasteiger partial charge on any atom is -0.256 e. The predicted octanol–water partition coefficient (Wildman–Crippen LogP) is 3.66. The van der Waals surface area contributed by atoms with Gasteiger partial charge in [0.15, 0.2) is 0 Å². The Hall–Kier alpha value is -1.63. The third kappa shape index (κ3) is 1.82. The number of hydrogen-bond donors (Lipinski definition) is 0. The van der Waals surface area contributed by atoms with Gasteiger partial charge in [0.2, 0.25) is 0 Å². The van der Waals surface area contributed by atoms with Crippen molar-refractivity contribution in [1.82, 2.24) is 4.98 Å². The normalized spacial score (nSPS) is 11.2. The van der Waals surface area contributed by atoms with E-state index in [2.05, 4.69) is 48.3 Å². The van der Waals surface area contributed by atoms with E-state index in [-0.39, 0.29) is 0 Å². The lowest BCUT2D eigenvalue weighted by molar-refractivity contribution is 1.23. The molecule has 0 unspecified atom stereocenters. The van der Waals surface area contributed by atoms with Gasteiger partial charge in [-0.05, 0) is 30.2 Å². The highest BCUT2D eigenvalue weighted by Gasteiger charge is 1.92. The van der Waals surface area contributed by atoms with E-state index in [1.165, 1.54) is 10.9 Å². The number of allylic oxidation sites excluding steroid dienone is 1. The molecule has 0 spiro atoms. The van der Waals surface area contributed by atoms with Crippen LogP contribution < -0.4 is 0 Å². The van der Waals surface area contributed by atoms with Gasteiger partial charge in [0.05, 0.1) is 5.52 Å². The lowest BCUT2D eigenvalue weighted by atomic mass is 10.1. The van der Waals surface area contributed by atoms with Crippen molar-refractivity contribution in [2.45, 2.75) is 13.3 Å². The van der Waals surface area contributed by atoms with E-state index >= 15 is 0 Å². The van der Waals surface area contributed by atoms with Crippen molar-refractivity contribution in [3.8, 4) is 0 Å². The van der Waals surface area contributed by atoms with Crippen molar-refractivity contribution in [3.05, 3.63) is 48.2 Å². The van der Waals surface area contributed by atoms with Crippen LogP contribution in [0.5, 0.6) is 0 Å². The molecule has 0 radical (unpaired) electrons. The molecule has 0 aliphatic rings. The summed E-state index contributed by atoms with van der Waals surface area (Å²) >= 11 is 0. The molecular formula is C13H13N. The molecule has 0 saturated carbocycles. The van der Waals surface area contributed by atoms with Crippen LogP contribution in [0.2, 0.25) is 0 Å². The second kappa shape index (κ2) is 4.05. The molecule has 0 saturated heterocycles. The van der Waals surface area contributed by atoms with E-state index < -0.39 is 0 Å². The average Bonchev–Trinajstić information content (AvgIpc) is 2.26. The van der Waals surface area contributed by atoms with E-state index in [9.17, 15) is 0 Å². The molecule has 1 aromatic carbocycles. The van der Waals surface area contributed by atoms with Gasteiger partial charge in [0.25, 0.3) is 0 Å². The standard InChI is InChI=1S/C13H13N/c1-2-3-5-11-7-8-13-12(10-11)6-4-9-14-13/h3-10H,2H2,1H3/b5-3+. The average molecular weight is 183 g/mol. The summed E-state index contributed by atoms with van der Waals surface area (Å²) in [5, 5.41) is 1.20. The molecule has 0 atom stereocenters. The molecule has 1 aromatic heterocycles. The summed E-state index contributed by atoms with van der Waals surface area (Å²) in [6.45, 7) is 2.14. The van der Waals surface area contributed by atoms with Crippen LogP contribution in [-0.2, 0) is 0 Å². The fraction of sp³-hybridized carbons (Fsp3) is 0.154. The Morgan fingerprint density at radius 2 is 2.21 bits per heavy atom. The van der Waals surface area contributed by atoms with Gasteiger partial charge in [-0.1, -0.05) is 31.2 Å². The molecule has 0 bridgehead atoms. The Bertz CT molecular complexity index is 457. The maximum atomic E-state index is 4.28. The Labute approximate surface area is 84.1 Å². The zero-order valence-corrected chi connectivity index (χ0v) is 8.27. The van der Waals surface area contributed by atoms with Gasteiger partial charge in [-0.25, -0.2) is 0 Å². The Kier molecular flexibility index (Phi) is 2.59. The van der Waals surface area contributed by atoms with Gasteiger partial charge in [0.1, 0.15) is 0 Å². The smallest absolute Gasteiger partial charge is 0.0702 e. The number of aromatic nitrogens is 1. The molecule has 0 amide bonds. The first-order valence-corrected chi connectivity index (χ1v) is 4.91. The van der Waals surface area contributed by atoms with Gasteiger partial charge in [-0.2, -0.15) is 0 Å². The number of rotatable bonds is 2. The van der Waals surface area contributed by atoms with E-state index in [0.717, 1.165) is 11.9 Å². The first-order chi connectivity index (χ1) is 6.90. The second-order valence-corrected chi connectivity index (χ2v) is 3.27. The monoisotopic (exact) mass is 183 g/mol. The maximum absolute atomic E-state index is 4.28. The van der Waals surface area contributed by atoms with Crippen molar-refractivity contribution in [3.63, 3.8) is 0 Å². The van der Waals surface area contributed by atoms with Gasteiger partial charge >= 0.3 is 0 Å². The Morgan fingerprint density at radius 3 is 3.07 bits per heavy atom. The molecule has 1 nitrogen and oxygen atoms in total. The van der Waals surface area contributed by atoms with Crippen LogP contribution in [0.1, 0.15) is 18.9 Å². The predicted molar refractivity (Wildman–Crippen MR) is 61.1 cm³/mol. The molecule has 2 rings (SSSR count). The van der Waals surface area contributed by atoms with Crippen LogP contribution >= 0.6 is 0 Å². The largest absolute Gasteiger partial charge is 0.256 e. The molecule has 0 fully saturated rings. The molecule has 1 heterocycles. The van der Waals surface area contributed by atoms with Crippen LogP contribution in [-0.4, -0.2) is 4.98 Å². The summed E-state index contributed by atoms with van der Waals surface area (Å²) in [7, 11) is 0. The van der Waals surface area contributed by atoms with Crippen LogP contribution in [0.15, 0.2) is 42.6 Å². The Balaban J connectivity index is 2.46. The van der Waals surface area contributed by atoms with Crippen molar-refractivity contribution in [2.75, 3.05) is 0 Å². The molecule has 70 valence electrons. The highest BCUT2D eigenvalue weighted by Crippen LogP contribution is 2.14. The van der Waals surface area contributed by atoms with E-state index in [4.69, 9.17) is 0 Å². The number of hydrogen-bond acceptors (Lipinski definition) is 1. The van der Waals surface area contributed by atoms with Gasteiger partial charge in [-0.15, -0.1) is 0 Å². The zero-order valence-electron chi connectivity index (χ0n) is 8.27. The highest BCUT2D eigenvalue weighted by molar-refractivity contribution is 5.80. The van der Waals surface area contributed by atoms with Crippen molar-refractivity contribution >= 4 is 17.0 Å². The molecule has 0 N–H and O–H groups in total. The SMILES string of the molecule is CC/C=C/c1ccc2ncccc2c1. The minimum absolute atomic E-state index is 1.06. The van der Waals surface area contributed by atoms with Crippen LogP contribution in [0.3, 0.4) is 0 Å². The maximum Gasteiger partial charge on any atom is 0.0702 e. The van der Waals surface area contributed by atoms with Crippen LogP contribution in [0, 0.1) is 0 Å². The first kappa shape index (κ1) is 8.95. The number of benzene rings is 1. The molecular weight excluding hydrogens is 170 g/mol. The summed E-state index contributed by atoms with van der Waals surface area (Å²) in [5.74, 6) is 0. The molecule has 0 aliphatic carbocycles. The zero-order chi connectivity index (χ0) is 9.80. The number of fused-ring (bicyclic) bond motifs is 1.